The molecule has 1 aliphatic rings. The number of phenols is 1. The molecule has 4 heterocycles. The van der Waals surface area contributed by atoms with E-state index in [2.05, 4.69) is 41.3 Å². The van der Waals surface area contributed by atoms with Crippen LogP contribution >= 0.6 is 0 Å². The normalized spacial score (nSPS) is 14.3. The van der Waals surface area contributed by atoms with Gasteiger partial charge in [-0.25, -0.2) is 19.2 Å². The van der Waals surface area contributed by atoms with Gasteiger partial charge in [-0.2, -0.15) is 5.10 Å². The van der Waals surface area contributed by atoms with Crippen molar-refractivity contribution >= 4 is 5.65 Å². The molecule has 180 valence electrons. The maximum absolute atomic E-state index is 10.4. The number of phenolic OH excluding ortho intramolecular Hbond substituents is 1. The highest BCUT2D eigenvalue weighted by atomic mass is 16.5. The molecule has 8 heteroatoms. The Morgan fingerprint density at radius 3 is 2.38 bits per heavy atom. The Balaban J connectivity index is 1.50. The molecule has 0 unspecified atom stereocenters. The molecule has 0 saturated heterocycles. The second-order valence-corrected chi connectivity index (χ2v) is 9.18. The highest BCUT2D eigenvalue weighted by molar-refractivity contribution is 5.70. The van der Waals surface area contributed by atoms with E-state index < -0.39 is 0 Å². The van der Waals surface area contributed by atoms with E-state index in [-0.39, 0.29) is 11.7 Å². The lowest BCUT2D eigenvalue weighted by molar-refractivity contribution is 0.402. The van der Waals surface area contributed by atoms with Crippen molar-refractivity contribution in [2.75, 3.05) is 0 Å². The molecule has 0 fully saturated rings. The van der Waals surface area contributed by atoms with Crippen LogP contribution in [0.1, 0.15) is 33.9 Å². The molecule has 7 rings (SSSR count). The van der Waals surface area contributed by atoms with Gasteiger partial charge in [-0.1, -0.05) is 60.2 Å². The monoisotopic (exact) mass is 486 g/mol. The van der Waals surface area contributed by atoms with Crippen molar-refractivity contribution in [1.29, 1.82) is 0 Å². The van der Waals surface area contributed by atoms with E-state index in [1.54, 1.807) is 29.0 Å². The lowest BCUT2D eigenvalue weighted by atomic mass is 9.84. The predicted molar refractivity (Wildman–Crippen MR) is 138 cm³/mol. The number of ether oxygens (including phenoxy) is 1. The molecule has 0 aliphatic carbocycles. The molecular weight excluding hydrogens is 464 g/mol. The van der Waals surface area contributed by atoms with Gasteiger partial charge < -0.3 is 9.84 Å². The number of hydrogen-bond acceptors (Lipinski definition) is 6. The van der Waals surface area contributed by atoms with Gasteiger partial charge in [-0.05, 0) is 43.7 Å². The van der Waals surface area contributed by atoms with Crippen molar-refractivity contribution in [3.63, 3.8) is 0 Å². The van der Waals surface area contributed by atoms with Gasteiger partial charge >= 0.3 is 0 Å². The summed E-state index contributed by atoms with van der Waals surface area (Å²) < 4.78 is 9.94. The number of para-hydroxylation sites is 2. The second kappa shape index (κ2) is 8.03. The standard InChI is InChI=1S/C29H22N6O2/c1-17-12-14-19(15-13-17)24-23-18(2)32-35(20-8-4-3-5-9-20)29(23)37-28-25(24)27-31-26(33-34(27)16-30-28)21-10-6-7-11-22(21)36/h3-16,24,36H,1-2H3/t24-/m1/s1. The first-order chi connectivity index (χ1) is 18.1. The molecule has 8 nitrogen and oxygen atoms in total. The average molecular weight is 487 g/mol. The van der Waals surface area contributed by atoms with Crippen molar-refractivity contribution < 1.29 is 9.84 Å². The number of fused-ring (bicyclic) bond motifs is 4. The minimum atomic E-state index is -0.227. The van der Waals surface area contributed by atoms with Crippen LogP contribution in [0.5, 0.6) is 17.5 Å². The Bertz CT molecular complexity index is 1790. The zero-order valence-electron chi connectivity index (χ0n) is 20.2. The molecule has 1 atom stereocenters. The summed E-state index contributed by atoms with van der Waals surface area (Å²) in [6.07, 6.45) is 1.60. The van der Waals surface area contributed by atoms with E-state index in [0.717, 1.165) is 28.1 Å². The molecule has 1 N–H and O–H groups in total. The summed E-state index contributed by atoms with van der Waals surface area (Å²) in [5.74, 6) is 1.40. The number of aromatic nitrogens is 6. The van der Waals surface area contributed by atoms with Gasteiger partial charge in [0.05, 0.1) is 34.0 Å². The van der Waals surface area contributed by atoms with Crippen LogP contribution in [0.2, 0.25) is 0 Å². The van der Waals surface area contributed by atoms with Crippen LogP contribution in [0.4, 0.5) is 0 Å². The smallest absolute Gasteiger partial charge is 0.230 e. The number of nitrogens with zero attached hydrogens (tertiary/aromatic N) is 6. The summed E-state index contributed by atoms with van der Waals surface area (Å²) in [5.41, 5.74) is 6.96. The highest BCUT2D eigenvalue weighted by Gasteiger charge is 2.38. The maximum Gasteiger partial charge on any atom is 0.230 e. The molecule has 0 bridgehead atoms. The van der Waals surface area contributed by atoms with Crippen LogP contribution in [-0.2, 0) is 0 Å². The van der Waals surface area contributed by atoms with Crippen LogP contribution in [0.25, 0.3) is 22.7 Å². The summed E-state index contributed by atoms with van der Waals surface area (Å²) in [4.78, 5) is 9.51. The van der Waals surface area contributed by atoms with Gasteiger partial charge in [0.1, 0.15) is 12.1 Å². The van der Waals surface area contributed by atoms with Gasteiger partial charge in [0.25, 0.3) is 0 Å². The van der Waals surface area contributed by atoms with Crippen LogP contribution in [0.3, 0.4) is 0 Å². The topological polar surface area (TPSA) is 90.4 Å². The van der Waals surface area contributed by atoms with Gasteiger partial charge in [-0.3, -0.25) is 0 Å². The fourth-order valence-corrected chi connectivity index (χ4v) is 4.99. The van der Waals surface area contributed by atoms with E-state index in [1.165, 1.54) is 5.56 Å². The molecule has 37 heavy (non-hydrogen) atoms. The Hall–Kier alpha value is -4.98. The summed E-state index contributed by atoms with van der Waals surface area (Å²) in [5, 5.41) is 19.9. The first-order valence-corrected chi connectivity index (χ1v) is 12.0. The molecule has 3 aromatic carbocycles. The Morgan fingerprint density at radius 1 is 0.838 bits per heavy atom. The Labute approximate surface area is 212 Å². The minimum Gasteiger partial charge on any atom is -0.507 e. The number of aromatic hydroxyl groups is 1. The first-order valence-electron chi connectivity index (χ1n) is 12.0. The fourth-order valence-electron chi connectivity index (χ4n) is 4.99. The summed E-state index contributed by atoms with van der Waals surface area (Å²) in [7, 11) is 0. The maximum atomic E-state index is 10.4. The van der Waals surface area contributed by atoms with Gasteiger partial charge in [-0.15, -0.1) is 5.10 Å². The highest BCUT2D eigenvalue weighted by Crippen LogP contribution is 2.49. The molecule has 0 radical (unpaired) electrons. The largest absolute Gasteiger partial charge is 0.507 e. The SMILES string of the molecule is Cc1ccc([C@@H]2c3c(C)nn(-c4ccccc4)c3Oc3ncn4nc(-c5ccccc5O)nc4c32)cc1. The van der Waals surface area contributed by atoms with E-state index in [0.29, 0.717) is 28.8 Å². The van der Waals surface area contributed by atoms with E-state index >= 15 is 0 Å². The van der Waals surface area contributed by atoms with Crippen molar-refractivity contribution in [2.24, 2.45) is 0 Å². The van der Waals surface area contributed by atoms with Crippen molar-refractivity contribution in [1.82, 2.24) is 29.4 Å². The van der Waals surface area contributed by atoms with Crippen LogP contribution in [-0.4, -0.2) is 34.5 Å². The first kappa shape index (κ1) is 21.3. The molecule has 6 aromatic rings. The second-order valence-electron chi connectivity index (χ2n) is 9.18. The molecule has 0 amide bonds. The fraction of sp³-hybridized carbons (Fsp3) is 0.103. The summed E-state index contributed by atoms with van der Waals surface area (Å²) >= 11 is 0. The predicted octanol–water partition coefficient (Wildman–Crippen LogP) is 5.59. The van der Waals surface area contributed by atoms with E-state index in [4.69, 9.17) is 14.8 Å². The average Bonchev–Trinajstić information content (AvgIpc) is 3.50. The van der Waals surface area contributed by atoms with Crippen LogP contribution in [0, 0.1) is 13.8 Å². The van der Waals surface area contributed by atoms with Crippen molar-refractivity contribution in [3.05, 3.63) is 113 Å². The molecule has 0 spiro atoms. The zero-order valence-corrected chi connectivity index (χ0v) is 20.2. The van der Waals surface area contributed by atoms with Gasteiger partial charge in [0.2, 0.25) is 11.8 Å². The molecule has 3 aromatic heterocycles. The minimum absolute atomic E-state index is 0.119. The number of aryl methyl sites for hydroxylation is 2. The Kier molecular flexibility index (Phi) is 4.62. The number of benzene rings is 3. The third-order valence-electron chi connectivity index (χ3n) is 6.78. The third-order valence-corrected chi connectivity index (χ3v) is 6.78. The molecule has 1 aliphatic heterocycles. The van der Waals surface area contributed by atoms with Gasteiger partial charge in [0.15, 0.2) is 11.5 Å². The lowest BCUT2D eigenvalue weighted by Crippen LogP contribution is -2.16. The zero-order chi connectivity index (χ0) is 25.1. The van der Waals surface area contributed by atoms with Crippen LogP contribution in [0.15, 0.2) is 85.2 Å². The Morgan fingerprint density at radius 2 is 1.59 bits per heavy atom. The lowest BCUT2D eigenvalue weighted by Gasteiger charge is -2.26. The number of rotatable bonds is 3. The van der Waals surface area contributed by atoms with Crippen LogP contribution < -0.4 is 4.74 Å². The van der Waals surface area contributed by atoms with E-state index in [9.17, 15) is 5.11 Å². The molecule has 0 saturated carbocycles. The van der Waals surface area contributed by atoms with Crippen molar-refractivity contribution in [2.45, 2.75) is 19.8 Å². The quantitative estimate of drug-likeness (QED) is 0.350. The third kappa shape index (κ3) is 3.30. The van der Waals surface area contributed by atoms with Crippen molar-refractivity contribution in [3.8, 4) is 34.6 Å². The number of hydrogen-bond donors (Lipinski definition) is 1. The molecular formula is C29H22N6O2. The summed E-state index contributed by atoms with van der Waals surface area (Å²) in [6, 6.07) is 25.4. The van der Waals surface area contributed by atoms with E-state index in [1.807, 2.05) is 48.0 Å². The summed E-state index contributed by atoms with van der Waals surface area (Å²) in [6.45, 7) is 4.07. The van der Waals surface area contributed by atoms with Gasteiger partial charge in [0, 0.05) is 0 Å².